The fourth-order valence-corrected chi connectivity index (χ4v) is 2.82. The van der Waals surface area contributed by atoms with Gasteiger partial charge in [0.25, 0.3) is 0 Å². The van der Waals surface area contributed by atoms with Crippen LogP contribution in [-0.4, -0.2) is 61.5 Å². The molecule has 1 heterocycles. The molecule has 2 aliphatic rings. The highest BCUT2D eigenvalue weighted by Gasteiger charge is 2.31. The summed E-state index contributed by atoms with van der Waals surface area (Å²) in [4.78, 5) is 17.1. The number of methoxy groups -OCH3 is 1. The number of nitrogens with zero attached hydrogens (tertiary/aromatic N) is 2. The van der Waals surface area contributed by atoms with E-state index >= 15 is 0 Å². The SMILES string of the molecule is COc1cccc(C(=O)CN2CCN(C3CC3)CC2)c1. The van der Waals surface area contributed by atoms with Crippen molar-refractivity contribution < 1.29 is 9.53 Å². The molecule has 2 fully saturated rings. The third-order valence-corrected chi connectivity index (χ3v) is 4.23. The molecule has 3 rings (SSSR count). The van der Waals surface area contributed by atoms with E-state index in [0.29, 0.717) is 6.54 Å². The first-order valence-electron chi connectivity index (χ1n) is 7.40. The highest BCUT2D eigenvalue weighted by Crippen LogP contribution is 2.27. The van der Waals surface area contributed by atoms with Crippen LogP contribution in [0.15, 0.2) is 24.3 Å². The molecule has 1 saturated carbocycles. The number of rotatable bonds is 5. The minimum absolute atomic E-state index is 0.184. The lowest BCUT2D eigenvalue weighted by Crippen LogP contribution is -2.48. The van der Waals surface area contributed by atoms with Crippen molar-refractivity contribution in [1.29, 1.82) is 0 Å². The van der Waals surface area contributed by atoms with Crippen molar-refractivity contribution >= 4 is 5.78 Å². The molecule has 4 nitrogen and oxygen atoms in total. The first-order chi connectivity index (χ1) is 9.76. The molecule has 0 unspecified atom stereocenters. The highest BCUT2D eigenvalue weighted by molar-refractivity contribution is 5.97. The zero-order valence-electron chi connectivity index (χ0n) is 12.0. The van der Waals surface area contributed by atoms with Crippen LogP contribution in [0.4, 0.5) is 0 Å². The summed E-state index contributed by atoms with van der Waals surface area (Å²) in [5.41, 5.74) is 0.744. The van der Waals surface area contributed by atoms with Crippen LogP contribution in [0.25, 0.3) is 0 Å². The summed E-state index contributed by atoms with van der Waals surface area (Å²) < 4.78 is 5.17. The number of Topliss-reactive ketones (excluding diaryl/α,β-unsaturated/α-hetero) is 1. The third kappa shape index (κ3) is 3.19. The molecule has 1 saturated heterocycles. The molecule has 1 aromatic carbocycles. The molecule has 0 aromatic heterocycles. The fourth-order valence-electron chi connectivity index (χ4n) is 2.82. The maximum atomic E-state index is 12.3. The van der Waals surface area contributed by atoms with E-state index in [-0.39, 0.29) is 5.78 Å². The molecule has 108 valence electrons. The standard InChI is InChI=1S/C16H22N2O2/c1-20-15-4-2-3-13(11-15)16(19)12-17-7-9-18(10-8-17)14-5-6-14/h2-4,11,14H,5-10,12H2,1H3. The Morgan fingerprint density at radius 1 is 1.25 bits per heavy atom. The van der Waals surface area contributed by atoms with Crippen molar-refractivity contribution in [2.75, 3.05) is 39.8 Å². The number of ether oxygens (including phenoxy) is 1. The Kier molecular flexibility index (Phi) is 4.03. The fraction of sp³-hybridized carbons (Fsp3) is 0.562. The van der Waals surface area contributed by atoms with E-state index in [4.69, 9.17) is 4.74 Å². The van der Waals surface area contributed by atoms with Gasteiger partial charge < -0.3 is 4.74 Å². The van der Waals surface area contributed by atoms with E-state index in [9.17, 15) is 4.79 Å². The topological polar surface area (TPSA) is 32.8 Å². The van der Waals surface area contributed by atoms with Gasteiger partial charge in [0.1, 0.15) is 5.75 Å². The van der Waals surface area contributed by atoms with E-state index in [1.54, 1.807) is 7.11 Å². The lowest BCUT2D eigenvalue weighted by atomic mass is 10.1. The second-order valence-corrected chi connectivity index (χ2v) is 5.70. The maximum absolute atomic E-state index is 12.3. The number of ketones is 1. The van der Waals surface area contributed by atoms with Crippen molar-refractivity contribution in [2.24, 2.45) is 0 Å². The molecule has 0 N–H and O–H groups in total. The van der Waals surface area contributed by atoms with Crippen LogP contribution >= 0.6 is 0 Å². The maximum Gasteiger partial charge on any atom is 0.176 e. The van der Waals surface area contributed by atoms with Gasteiger partial charge in [-0.25, -0.2) is 0 Å². The molecule has 1 aliphatic carbocycles. The predicted molar refractivity (Wildman–Crippen MR) is 78.4 cm³/mol. The predicted octanol–water partition coefficient (Wildman–Crippen LogP) is 1.66. The molecule has 4 heteroatoms. The van der Waals surface area contributed by atoms with Crippen LogP contribution in [0, 0.1) is 0 Å². The first kappa shape index (κ1) is 13.6. The Balaban J connectivity index is 1.53. The van der Waals surface area contributed by atoms with E-state index in [1.165, 1.54) is 12.8 Å². The number of benzene rings is 1. The number of carbonyl (C=O) groups is 1. The second-order valence-electron chi connectivity index (χ2n) is 5.70. The summed E-state index contributed by atoms with van der Waals surface area (Å²) in [6.07, 6.45) is 2.73. The molecular weight excluding hydrogens is 252 g/mol. The van der Waals surface area contributed by atoms with Gasteiger partial charge in [-0.2, -0.15) is 0 Å². The third-order valence-electron chi connectivity index (χ3n) is 4.23. The molecule has 0 bridgehead atoms. The van der Waals surface area contributed by atoms with Gasteiger partial charge in [-0.3, -0.25) is 14.6 Å². The molecule has 0 atom stereocenters. The molecule has 20 heavy (non-hydrogen) atoms. The van der Waals surface area contributed by atoms with Crippen LogP contribution in [0.1, 0.15) is 23.2 Å². The lowest BCUT2D eigenvalue weighted by molar-refractivity contribution is 0.0843. The Morgan fingerprint density at radius 3 is 2.65 bits per heavy atom. The second kappa shape index (κ2) is 5.94. The molecule has 0 amide bonds. The molecule has 0 radical (unpaired) electrons. The monoisotopic (exact) mass is 274 g/mol. The summed E-state index contributed by atoms with van der Waals surface area (Å²) in [7, 11) is 1.63. The van der Waals surface area contributed by atoms with E-state index < -0.39 is 0 Å². The van der Waals surface area contributed by atoms with Crippen molar-refractivity contribution in [3.8, 4) is 5.75 Å². The Bertz CT molecular complexity index is 477. The molecule has 1 aromatic rings. The van der Waals surface area contributed by atoms with Gasteiger partial charge in [-0.15, -0.1) is 0 Å². The van der Waals surface area contributed by atoms with Crippen LogP contribution in [0.2, 0.25) is 0 Å². The van der Waals surface area contributed by atoms with Crippen molar-refractivity contribution in [2.45, 2.75) is 18.9 Å². The molecule has 0 spiro atoms. The Hall–Kier alpha value is -1.39. The minimum atomic E-state index is 0.184. The summed E-state index contributed by atoms with van der Waals surface area (Å²) >= 11 is 0. The van der Waals surface area contributed by atoms with Gasteiger partial charge in [-0.1, -0.05) is 12.1 Å². The number of carbonyl (C=O) groups excluding carboxylic acids is 1. The van der Waals surface area contributed by atoms with E-state index in [0.717, 1.165) is 43.5 Å². The highest BCUT2D eigenvalue weighted by atomic mass is 16.5. The number of hydrogen-bond donors (Lipinski definition) is 0. The normalized spacial score (nSPS) is 20.9. The average molecular weight is 274 g/mol. The molecule has 1 aliphatic heterocycles. The first-order valence-corrected chi connectivity index (χ1v) is 7.40. The number of hydrogen-bond acceptors (Lipinski definition) is 4. The van der Waals surface area contributed by atoms with E-state index in [2.05, 4.69) is 9.80 Å². The van der Waals surface area contributed by atoms with Crippen molar-refractivity contribution in [3.63, 3.8) is 0 Å². The summed E-state index contributed by atoms with van der Waals surface area (Å²) in [5.74, 6) is 0.929. The van der Waals surface area contributed by atoms with Gasteiger partial charge in [0.2, 0.25) is 0 Å². The Morgan fingerprint density at radius 2 is 2.00 bits per heavy atom. The van der Waals surface area contributed by atoms with Crippen molar-refractivity contribution in [1.82, 2.24) is 9.80 Å². The van der Waals surface area contributed by atoms with Crippen LogP contribution < -0.4 is 4.74 Å². The van der Waals surface area contributed by atoms with Gasteiger partial charge in [0.15, 0.2) is 5.78 Å². The number of piperazine rings is 1. The summed E-state index contributed by atoms with van der Waals surface area (Å²) in [5, 5.41) is 0. The zero-order chi connectivity index (χ0) is 13.9. The smallest absolute Gasteiger partial charge is 0.176 e. The average Bonchev–Trinajstić information content (AvgIpc) is 3.33. The minimum Gasteiger partial charge on any atom is -0.497 e. The molecular formula is C16H22N2O2. The van der Waals surface area contributed by atoms with Crippen LogP contribution in [0.3, 0.4) is 0 Å². The van der Waals surface area contributed by atoms with Crippen molar-refractivity contribution in [3.05, 3.63) is 29.8 Å². The zero-order valence-corrected chi connectivity index (χ0v) is 12.0. The van der Waals surface area contributed by atoms with Gasteiger partial charge in [0, 0.05) is 37.8 Å². The largest absolute Gasteiger partial charge is 0.497 e. The lowest BCUT2D eigenvalue weighted by Gasteiger charge is -2.34. The van der Waals surface area contributed by atoms with Gasteiger partial charge in [-0.05, 0) is 25.0 Å². The quantitative estimate of drug-likeness (QED) is 0.765. The Labute approximate surface area is 120 Å². The van der Waals surface area contributed by atoms with Crippen LogP contribution in [0.5, 0.6) is 5.75 Å². The van der Waals surface area contributed by atoms with Gasteiger partial charge in [0.05, 0.1) is 13.7 Å². The van der Waals surface area contributed by atoms with E-state index in [1.807, 2.05) is 24.3 Å². The van der Waals surface area contributed by atoms with Gasteiger partial charge >= 0.3 is 0 Å². The summed E-state index contributed by atoms with van der Waals surface area (Å²) in [6, 6.07) is 8.27. The summed E-state index contributed by atoms with van der Waals surface area (Å²) in [6.45, 7) is 4.75. The van der Waals surface area contributed by atoms with Crippen LogP contribution in [-0.2, 0) is 0 Å².